The first-order valence-corrected chi connectivity index (χ1v) is 9.13. The van der Waals surface area contributed by atoms with Crippen LogP contribution in [0.2, 0.25) is 0 Å². The Bertz CT molecular complexity index is 1140. The second-order valence-corrected chi connectivity index (χ2v) is 7.19. The van der Waals surface area contributed by atoms with E-state index >= 15 is 0 Å². The molecule has 0 amide bonds. The van der Waals surface area contributed by atoms with Gasteiger partial charge in [-0.2, -0.15) is 4.52 Å². The number of para-hydroxylation sites is 1. The average molecular weight is 359 g/mol. The van der Waals surface area contributed by atoms with Gasteiger partial charge < -0.3 is 9.80 Å². The smallest absolute Gasteiger partial charge is 0.178 e. The molecule has 4 heterocycles. The molecule has 0 saturated carbocycles. The maximum atomic E-state index is 4.85. The molecule has 136 valence electrons. The minimum atomic E-state index is 0.414. The minimum absolute atomic E-state index is 0.414. The number of rotatable bonds is 3. The normalized spacial score (nSPS) is 14.7. The largest absolute Gasteiger partial charge is 0.353 e. The lowest BCUT2D eigenvalue weighted by molar-refractivity contribution is 0.487. The molecule has 0 unspecified atom stereocenters. The second-order valence-electron chi connectivity index (χ2n) is 7.19. The molecular formula is C20H21N7. The Morgan fingerprint density at radius 1 is 1.04 bits per heavy atom. The highest BCUT2D eigenvalue weighted by molar-refractivity contribution is 5.83. The Morgan fingerprint density at radius 3 is 2.70 bits per heavy atom. The molecule has 7 nitrogen and oxygen atoms in total. The maximum Gasteiger partial charge on any atom is 0.178 e. The lowest BCUT2D eigenvalue weighted by atomic mass is 10.1. The third kappa shape index (κ3) is 2.58. The van der Waals surface area contributed by atoms with Crippen molar-refractivity contribution in [3.8, 4) is 0 Å². The van der Waals surface area contributed by atoms with Gasteiger partial charge in [0, 0.05) is 25.5 Å². The molecule has 27 heavy (non-hydrogen) atoms. The van der Waals surface area contributed by atoms with E-state index in [1.165, 1.54) is 10.9 Å². The van der Waals surface area contributed by atoms with E-state index in [1.807, 2.05) is 25.1 Å². The Hall–Kier alpha value is -3.22. The molecule has 1 aromatic carbocycles. The van der Waals surface area contributed by atoms with E-state index in [1.54, 1.807) is 4.52 Å². The van der Waals surface area contributed by atoms with Crippen LogP contribution in [0.15, 0.2) is 42.5 Å². The molecule has 0 atom stereocenters. The van der Waals surface area contributed by atoms with Crippen molar-refractivity contribution in [3.05, 3.63) is 53.9 Å². The van der Waals surface area contributed by atoms with Crippen LogP contribution in [0.3, 0.4) is 0 Å². The van der Waals surface area contributed by atoms with Crippen LogP contribution in [-0.4, -0.2) is 51.0 Å². The second kappa shape index (κ2) is 5.90. The van der Waals surface area contributed by atoms with Crippen LogP contribution in [-0.2, 0) is 0 Å². The monoisotopic (exact) mass is 359 g/mol. The van der Waals surface area contributed by atoms with Gasteiger partial charge in [0.15, 0.2) is 11.5 Å². The van der Waals surface area contributed by atoms with Gasteiger partial charge >= 0.3 is 0 Å². The molecular weight excluding hydrogens is 338 g/mol. The summed E-state index contributed by atoms with van der Waals surface area (Å²) < 4.78 is 1.79. The van der Waals surface area contributed by atoms with Crippen LogP contribution < -0.4 is 9.80 Å². The summed E-state index contributed by atoms with van der Waals surface area (Å²) in [6, 6.07) is 14.9. The average Bonchev–Trinajstić information content (AvgIpc) is 3.01. The standard InChI is InChI=1S/C20H21N7/c1-13-10-20(21-17-7-5-4-6-16(13)17)25(3)15-11-26(12-15)19-9-8-18-23-22-14(2)27(18)24-19/h4-10,15H,11-12H2,1-3H3. The summed E-state index contributed by atoms with van der Waals surface area (Å²) in [7, 11) is 2.12. The Labute approximate surface area is 157 Å². The van der Waals surface area contributed by atoms with Gasteiger partial charge in [-0.15, -0.1) is 15.3 Å². The number of anilines is 2. The lowest BCUT2D eigenvalue weighted by Crippen LogP contribution is -2.59. The number of fused-ring (bicyclic) bond motifs is 2. The van der Waals surface area contributed by atoms with E-state index in [9.17, 15) is 0 Å². The van der Waals surface area contributed by atoms with Gasteiger partial charge in [-0.05, 0) is 43.7 Å². The molecule has 1 saturated heterocycles. The van der Waals surface area contributed by atoms with Crippen LogP contribution in [0.1, 0.15) is 11.4 Å². The molecule has 1 aliphatic rings. The molecule has 0 aliphatic carbocycles. The Balaban J connectivity index is 1.36. The van der Waals surface area contributed by atoms with Crippen molar-refractivity contribution in [2.24, 2.45) is 0 Å². The molecule has 5 rings (SSSR count). The summed E-state index contributed by atoms with van der Waals surface area (Å²) in [5, 5.41) is 14.0. The van der Waals surface area contributed by atoms with E-state index in [0.29, 0.717) is 6.04 Å². The summed E-state index contributed by atoms with van der Waals surface area (Å²) in [6.45, 7) is 5.90. The van der Waals surface area contributed by atoms with Gasteiger partial charge in [-0.1, -0.05) is 18.2 Å². The van der Waals surface area contributed by atoms with Gasteiger partial charge in [0.2, 0.25) is 0 Å². The van der Waals surface area contributed by atoms with Crippen LogP contribution in [0.25, 0.3) is 16.6 Å². The van der Waals surface area contributed by atoms with Crippen LogP contribution in [0.4, 0.5) is 11.6 Å². The van der Waals surface area contributed by atoms with Gasteiger partial charge in [-0.3, -0.25) is 0 Å². The summed E-state index contributed by atoms with van der Waals surface area (Å²) in [5.41, 5.74) is 3.08. The lowest BCUT2D eigenvalue weighted by Gasteiger charge is -2.45. The molecule has 1 aliphatic heterocycles. The van der Waals surface area contributed by atoms with E-state index in [2.05, 4.69) is 63.3 Å². The number of aryl methyl sites for hydroxylation is 2. The predicted molar refractivity (Wildman–Crippen MR) is 106 cm³/mol. The number of aromatic nitrogens is 5. The van der Waals surface area contributed by atoms with Gasteiger partial charge in [0.1, 0.15) is 11.6 Å². The first kappa shape index (κ1) is 16.0. The molecule has 3 aromatic heterocycles. The van der Waals surface area contributed by atoms with Crippen molar-refractivity contribution in [1.29, 1.82) is 0 Å². The molecule has 7 heteroatoms. The van der Waals surface area contributed by atoms with Crippen LogP contribution in [0, 0.1) is 13.8 Å². The fourth-order valence-electron chi connectivity index (χ4n) is 3.64. The van der Waals surface area contributed by atoms with Gasteiger partial charge in [-0.25, -0.2) is 4.98 Å². The summed E-state index contributed by atoms with van der Waals surface area (Å²) in [5.74, 6) is 2.78. The fourth-order valence-corrected chi connectivity index (χ4v) is 3.64. The third-order valence-corrected chi connectivity index (χ3v) is 5.41. The molecule has 4 aromatic rings. The number of hydrogen-bond acceptors (Lipinski definition) is 6. The van der Waals surface area contributed by atoms with Gasteiger partial charge in [0.05, 0.1) is 11.6 Å². The third-order valence-electron chi connectivity index (χ3n) is 5.41. The maximum absolute atomic E-state index is 4.85. The van der Waals surface area contributed by atoms with Crippen molar-refractivity contribution >= 4 is 28.2 Å². The van der Waals surface area contributed by atoms with E-state index in [-0.39, 0.29) is 0 Å². The zero-order valence-corrected chi connectivity index (χ0v) is 15.7. The molecule has 0 radical (unpaired) electrons. The number of nitrogens with zero attached hydrogens (tertiary/aromatic N) is 7. The minimum Gasteiger partial charge on any atom is -0.353 e. The van der Waals surface area contributed by atoms with Crippen molar-refractivity contribution in [2.75, 3.05) is 29.9 Å². The van der Waals surface area contributed by atoms with Crippen LogP contribution in [0.5, 0.6) is 0 Å². The van der Waals surface area contributed by atoms with E-state index < -0.39 is 0 Å². The molecule has 0 bridgehead atoms. The Morgan fingerprint density at radius 2 is 1.85 bits per heavy atom. The summed E-state index contributed by atoms with van der Waals surface area (Å²) in [4.78, 5) is 9.40. The predicted octanol–water partition coefficient (Wildman–Crippen LogP) is 2.61. The topological polar surface area (TPSA) is 62.5 Å². The first-order valence-electron chi connectivity index (χ1n) is 9.13. The number of benzene rings is 1. The molecule has 0 N–H and O–H groups in total. The molecule has 0 spiro atoms. The van der Waals surface area contributed by atoms with Crippen molar-refractivity contribution in [3.63, 3.8) is 0 Å². The van der Waals surface area contributed by atoms with Gasteiger partial charge in [0.25, 0.3) is 0 Å². The van der Waals surface area contributed by atoms with Crippen LogP contribution >= 0.6 is 0 Å². The zero-order chi connectivity index (χ0) is 18.5. The first-order chi connectivity index (χ1) is 13.1. The fraction of sp³-hybridized carbons (Fsp3) is 0.300. The van der Waals surface area contributed by atoms with E-state index in [0.717, 1.165) is 41.7 Å². The van der Waals surface area contributed by atoms with E-state index in [4.69, 9.17) is 4.98 Å². The van der Waals surface area contributed by atoms with Crippen molar-refractivity contribution in [1.82, 2.24) is 24.8 Å². The Kier molecular flexibility index (Phi) is 3.50. The summed E-state index contributed by atoms with van der Waals surface area (Å²) >= 11 is 0. The SMILES string of the molecule is Cc1cc(N(C)C2CN(c3ccc4nnc(C)n4n3)C2)nc2ccccc12. The summed E-state index contributed by atoms with van der Waals surface area (Å²) in [6.07, 6.45) is 0. The molecule has 1 fully saturated rings. The quantitative estimate of drug-likeness (QED) is 0.560. The number of likely N-dealkylation sites (N-methyl/N-ethyl adjacent to an activating group) is 1. The van der Waals surface area contributed by atoms with Crippen molar-refractivity contribution < 1.29 is 0 Å². The highest BCUT2D eigenvalue weighted by atomic mass is 15.4. The highest BCUT2D eigenvalue weighted by Gasteiger charge is 2.32. The zero-order valence-electron chi connectivity index (χ0n) is 15.7. The number of hydrogen-bond donors (Lipinski definition) is 0. The highest BCUT2D eigenvalue weighted by Crippen LogP contribution is 2.27. The number of pyridine rings is 1. The van der Waals surface area contributed by atoms with Crippen molar-refractivity contribution in [2.45, 2.75) is 19.9 Å².